The maximum Gasteiger partial charge on any atom is 0.271 e. The number of nitro groups is 1. The molecule has 0 radical (unpaired) electrons. The van der Waals surface area contributed by atoms with Crippen molar-refractivity contribution in [1.82, 2.24) is 0 Å². The van der Waals surface area contributed by atoms with Gasteiger partial charge in [0.1, 0.15) is 22.9 Å². The number of aromatic hydroxyl groups is 2. The van der Waals surface area contributed by atoms with E-state index in [9.17, 15) is 20.3 Å². The van der Waals surface area contributed by atoms with E-state index < -0.39 is 4.92 Å². The number of hydrogen-bond acceptors (Lipinski definition) is 6. The minimum absolute atomic E-state index is 0.0419. The van der Waals surface area contributed by atoms with Gasteiger partial charge in [-0.2, -0.15) is 0 Å². The van der Waals surface area contributed by atoms with Crippen molar-refractivity contribution >= 4 is 17.1 Å². The Bertz CT molecular complexity index is 779. The number of rotatable bonds is 3. The average molecular weight is 315 g/mol. The van der Waals surface area contributed by atoms with E-state index in [1.54, 1.807) is 12.1 Å². The lowest BCUT2D eigenvalue weighted by Gasteiger charge is -2.19. The predicted molar refractivity (Wildman–Crippen MR) is 85.7 cm³/mol. The van der Waals surface area contributed by atoms with Crippen molar-refractivity contribution in [1.29, 1.82) is 0 Å². The maximum atomic E-state index is 10.8. The molecular formula is C16H17N3O4. The largest absolute Gasteiger partial charge is 0.506 e. The summed E-state index contributed by atoms with van der Waals surface area (Å²) in [5, 5.41) is 38.1. The number of non-ortho nitro benzene ring substituents is 1. The Morgan fingerprint density at radius 2 is 1.48 bits per heavy atom. The fourth-order valence-electron chi connectivity index (χ4n) is 1.88. The third kappa shape index (κ3) is 3.82. The molecule has 7 heteroatoms. The van der Waals surface area contributed by atoms with Crippen LogP contribution in [0.1, 0.15) is 26.3 Å². The van der Waals surface area contributed by atoms with Crippen molar-refractivity contribution in [3.8, 4) is 11.5 Å². The van der Waals surface area contributed by atoms with Crippen LogP contribution in [0.5, 0.6) is 11.5 Å². The number of nitrogens with zero attached hydrogens (tertiary/aromatic N) is 3. The third-order valence-corrected chi connectivity index (χ3v) is 3.28. The first-order valence-corrected chi connectivity index (χ1v) is 6.91. The number of hydrogen-bond donors (Lipinski definition) is 2. The average Bonchev–Trinajstić information content (AvgIpc) is 2.46. The van der Waals surface area contributed by atoms with Crippen LogP contribution in [0.2, 0.25) is 0 Å². The Kier molecular flexibility index (Phi) is 4.31. The molecule has 0 amide bonds. The molecule has 7 nitrogen and oxygen atoms in total. The van der Waals surface area contributed by atoms with Gasteiger partial charge < -0.3 is 10.2 Å². The lowest BCUT2D eigenvalue weighted by molar-refractivity contribution is -0.384. The van der Waals surface area contributed by atoms with E-state index in [4.69, 9.17) is 0 Å². The minimum atomic E-state index is -0.587. The first-order valence-electron chi connectivity index (χ1n) is 6.91. The molecule has 0 aliphatic carbocycles. The first-order chi connectivity index (χ1) is 10.7. The standard InChI is InChI=1S/C16H17N3O4/c1-16(2,3)10-4-6-14(20)12(8-10)17-18-13-9-11(19(22)23)5-7-15(13)21/h4-9,20-21H,1-3H3. The summed E-state index contributed by atoms with van der Waals surface area (Å²) in [4.78, 5) is 10.2. The van der Waals surface area contributed by atoms with E-state index in [0.29, 0.717) is 0 Å². The zero-order valence-electron chi connectivity index (χ0n) is 13.0. The van der Waals surface area contributed by atoms with Crippen LogP contribution < -0.4 is 0 Å². The second-order valence-corrected chi connectivity index (χ2v) is 6.08. The lowest BCUT2D eigenvalue weighted by Crippen LogP contribution is -2.10. The van der Waals surface area contributed by atoms with Crippen LogP contribution in [0.4, 0.5) is 17.1 Å². The van der Waals surface area contributed by atoms with Crippen molar-refractivity contribution in [3.63, 3.8) is 0 Å². The zero-order chi connectivity index (χ0) is 17.2. The summed E-state index contributed by atoms with van der Waals surface area (Å²) in [7, 11) is 0. The van der Waals surface area contributed by atoms with E-state index in [-0.39, 0.29) is 34.0 Å². The zero-order valence-corrected chi connectivity index (χ0v) is 13.0. The smallest absolute Gasteiger partial charge is 0.271 e. The van der Waals surface area contributed by atoms with Crippen LogP contribution in [0, 0.1) is 10.1 Å². The van der Waals surface area contributed by atoms with Gasteiger partial charge in [-0.15, -0.1) is 10.2 Å². The van der Waals surface area contributed by atoms with Crippen molar-refractivity contribution in [2.24, 2.45) is 10.2 Å². The Hall–Kier alpha value is -2.96. The second kappa shape index (κ2) is 6.04. The SMILES string of the molecule is CC(C)(C)c1ccc(O)c(N=Nc2cc([N+](=O)[O-])ccc2O)c1. The van der Waals surface area contributed by atoms with Crippen LogP contribution in [-0.2, 0) is 5.41 Å². The molecule has 120 valence electrons. The molecule has 0 fully saturated rings. The molecule has 2 rings (SSSR count). The van der Waals surface area contributed by atoms with Gasteiger partial charge in [-0.1, -0.05) is 26.8 Å². The normalized spacial score (nSPS) is 11.8. The summed E-state index contributed by atoms with van der Waals surface area (Å²) in [6.07, 6.45) is 0. The molecule has 0 atom stereocenters. The van der Waals surface area contributed by atoms with Gasteiger partial charge in [0.2, 0.25) is 0 Å². The Morgan fingerprint density at radius 1 is 0.957 bits per heavy atom. The first kappa shape index (κ1) is 16.4. The van der Waals surface area contributed by atoms with Gasteiger partial charge in [0, 0.05) is 12.1 Å². The monoisotopic (exact) mass is 315 g/mol. The Balaban J connectivity index is 2.41. The van der Waals surface area contributed by atoms with E-state index in [1.165, 1.54) is 18.2 Å². The highest BCUT2D eigenvalue weighted by atomic mass is 16.6. The van der Waals surface area contributed by atoms with E-state index in [0.717, 1.165) is 11.6 Å². The molecule has 0 saturated carbocycles. The summed E-state index contributed by atoms with van der Waals surface area (Å²) in [5.41, 5.74) is 0.797. The van der Waals surface area contributed by atoms with Gasteiger partial charge in [-0.05, 0) is 29.2 Å². The maximum absolute atomic E-state index is 10.8. The van der Waals surface area contributed by atoms with Gasteiger partial charge >= 0.3 is 0 Å². The molecule has 0 saturated heterocycles. The molecule has 0 spiro atoms. The van der Waals surface area contributed by atoms with E-state index in [1.807, 2.05) is 20.8 Å². The molecule has 0 unspecified atom stereocenters. The van der Waals surface area contributed by atoms with E-state index >= 15 is 0 Å². The highest BCUT2D eigenvalue weighted by Gasteiger charge is 2.16. The number of azo groups is 1. The molecule has 0 heterocycles. The Morgan fingerprint density at radius 3 is 2.00 bits per heavy atom. The third-order valence-electron chi connectivity index (χ3n) is 3.28. The Labute approximate surface area is 133 Å². The quantitative estimate of drug-likeness (QED) is 0.485. The summed E-state index contributed by atoms with van der Waals surface area (Å²) in [6, 6.07) is 8.46. The summed E-state index contributed by atoms with van der Waals surface area (Å²) in [6.45, 7) is 6.06. The van der Waals surface area contributed by atoms with Gasteiger partial charge in [-0.3, -0.25) is 10.1 Å². The van der Waals surface area contributed by atoms with Crippen LogP contribution in [0.25, 0.3) is 0 Å². The van der Waals surface area contributed by atoms with Crippen LogP contribution >= 0.6 is 0 Å². The number of nitro benzene ring substituents is 1. The second-order valence-electron chi connectivity index (χ2n) is 6.08. The van der Waals surface area contributed by atoms with Crippen molar-refractivity contribution in [2.45, 2.75) is 26.2 Å². The molecule has 0 aromatic heterocycles. The van der Waals surface area contributed by atoms with Crippen molar-refractivity contribution < 1.29 is 15.1 Å². The lowest BCUT2D eigenvalue weighted by atomic mass is 9.87. The van der Waals surface area contributed by atoms with E-state index in [2.05, 4.69) is 10.2 Å². The van der Waals surface area contributed by atoms with Gasteiger partial charge in [0.25, 0.3) is 5.69 Å². The molecule has 2 N–H and O–H groups in total. The number of benzene rings is 2. The molecule has 0 bridgehead atoms. The minimum Gasteiger partial charge on any atom is -0.506 e. The molecular weight excluding hydrogens is 298 g/mol. The fraction of sp³-hybridized carbons (Fsp3) is 0.250. The van der Waals surface area contributed by atoms with Gasteiger partial charge in [0.15, 0.2) is 0 Å². The predicted octanol–water partition coefficient (Wildman–Crippen LogP) is 4.72. The molecule has 2 aromatic rings. The van der Waals surface area contributed by atoms with Crippen LogP contribution in [-0.4, -0.2) is 15.1 Å². The van der Waals surface area contributed by atoms with Crippen molar-refractivity contribution in [2.75, 3.05) is 0 Å². The number of phenols is 2. The summed E-state index contributed by atoms with van der Waals surface area (Å²) >= 11 is 0. The topological polar surface area (TPSA) is 108 Å². The van der Waals surface area contributed by atoms with Crippen molar-refractivity contribution in [3.05, 3.63) is 52.1 Å². The summed E-state index contributed by atoms with van der Waals surface area (Å²) < 4.78 is 0. The molecule has 2 aromatic carbocycles. The van der Waals surface area contributed by atoms with Crippen LogP contribution in [0.3, 0.4) is 0 Å². The summed E-state index contributed by atoms with van der Waals surface area (Å²) in [5.74, 6) is -0.294. The highest BCUT2D eigenvalue weighted by molar-refractivity contribution is 5.58. The highest BCUT2D eigenvalue weighted by Crippen LogP contribution is 2.36. The van der Waals surface area contributed by atoms with Gasteiger partial charge in [-0.25, -0.2) is 0 Å². The van der Waals surface area contributed by atoms with Gasteiger partial charge in [0.05, 0.1) is 4.92 Å². The van der Waals surface area contributed by atoms with Crippen LogP contribution in [0.15, 0.2) is 46.6 Å². The number of phenolic OH excluding ortho intramolecular Hbond substituents is 2. The molecule has 0 aliphatic heterocycles. The molecule has 23 heavy (non-hydrogen) atoms. The molecule has 0 aliphatic rings. The fourth-order valence-corrected chi connectivity index (χ4v) is 1.88.